The lowest BCUT2D eigenvalue weighted by atomic mass is 10.1. The molecule has 2 aromatic rings. The van der Waals surface area contributed by atoms with Crippen LogP contribution in [0.2, 0.25) is 0 Å². The lowest BCUT2D eigenvalue weighted by Crippen LogP contribution is -2.10. The van der Waals surface area contributed by atoms with E-state index >= 15 is 0 Å². The average Bonchev–Trinajstić information content (AvgIpc) is 2.40. The first-order chi connectivity index (χ1) is 9.77. The first kappa shape index (κ1) is 16.4. The zero-order chi connectivity index (χ0) is 15.6. The smallest absolute Gasteiger partial charge is 0.378 e. The Balaban J connectivity index is 2.26. The van der Waals surface area contributed by atoms with E-state index in [0.29, 0.717) is 10.2 Å². The molecule has 0 amide bonds. The van der Waals surface area contributed by atoms with E-state index in [1.807, 2.05) is 31.2 Å². The quantitative estimate of drug-likeness (QED) is 0.603. The molecule has 0 bridgehead atoms. The third-order valence-electron chi connectivity index (χ3n) is 3.01. The third-order valence-corrected chi connectivity index (χ3v) is 4.20. The van der Waals surface area contributed by atoms with Crippen molar-refractivity contribution in [2.45, 2.75) is 19.1 Å². The van der Waals surface area contributed by atoms with E-state index in [1.54, 1.807) is 0 Å². The highest BCUT2D eigenvalue weighted by Gasteiger charge is 2.31. The van der Waals surface area contributed by atoms with Gasteiger partial charge in [0, 0.05) is 20.7 Å². The van der Waals surface area contributed by atoms with Gasteiger partial charge in [-0.15, -0.1) is 0 Å². The summed E-state index contributed by atoms with van der Waals surface area (Å²) in [6.45, 7) is 1.90. The van der Waals surface area contributed by atoms with Gasteiger partial charge < -0.3 is 5.32 Å². The lowest BCUT2D eigenvalue weighted by Gasteiger charge is -2.18. The van der Waals surface area contributed by atoms with Gasteiger partial charge in [0.2, 0.25) is 0 Å². The Bertz CT molecular complexity index is 641. The Morgan fingerprint density at radius 2 is 1.76 bits per heavy atom. The number of alkyl halides is 3. The molecule has 0 heterocycles. The molecule has 0 spiro atoms. The second kappa shape index (κ2) is 6.40. The summed E-state index contributed by atoms with van der Waals surface area (Å²) in [5.41, 5.74) is 0.723. The summed E-state index contributed by atoms with van der Waals surface area (Å²) in [4.78, 5) is 0. The molecule has 0 fully saturated rings. The maximum Gasteiger partial charge on any atom is 0.416 e. The molecule has 1 atom stereocenters. The van der Waals surface area contributed by atoms with Gasteiger partial charge in [0.1, 0.15) is 0 Å². The summed E-state index contributed by atoms with van der Waals surface area (Å²) >= 11 is 6.66. The van der Waals surface area contributed by atoms with Crippen molar-refractivity contribution in [3.05, 3.63) is 62.5 Å². The molecule has 1 N–H and O–H groups in total. The van der Waals surface area contributed by atoms with E-state index in [9.17, 15) is 13.2 Å². The van der Waals surface area contributed by atoms with Crippen LogP contribution in [0, 0.1) is 0 Å². The third kappa shape index (κ3) is 4.23. The Labute approximate surface area is 137 Å². The van der Waals surface area contributed by atoms with Crippen LogP contribution in [0.25, 0.3) is 0 Å². The molecule has 1 nitrogen and oxygen atoms in total. The van der Waals surface area contributed by atoms with Gasteiger partial charge in [0.25, 0.3) is 0 Å². The monoisotopic (exact) mass is 421 g/mol. The second-order valence-corrected chi connectivity index (χ2v) is 6.38. The Kier molecular flexibility index (Phi) is 4.99. The molecule has 0 aliphatic heterocycles. The molecule has 21 heavy (non-hydrogen) atoms. The molecule has 0 aliphatic rings. The Morgan fingerprint density at radius 3 is 2.38 bits per heavy atom. The van der Waals surface area contributed by atoms with Gasteiger partial charge in [-0.3, -0.25) is 0 Å². The van der Waals surface area contributed by atoms with Gasteiger partial charge in [0.15, 0.2) is 0 Å². The van der Waals surface area contributed by atoms with Crippen LogP contribution in [0.3, 0.4) is 0 Å². The van der Waals surface area contributed by atoms with Crippen molar-refractivity contribution in [1.82, 2.24) is 0 Å². The highest BCUT2D eigenvalue weighted by Crippen LogP contribution is 2.35. The van der Waals surface area contributed by atoms with E-state index in [4.69, 9.17) is 0 Å². The van der Waals surface area contributed by atoms with Gasteiger partial charge in [-0.2, -0.15) is 13.2 Å². The van der Waals surface area contributed by atoms with Crippen LogP contribution < -0.4 is 5.32 Å². The van der Waals surface area contributed by atoms with Crippen molar-refractivity contribution in [3.8, 4) is 0 Å². The fourth-order valence-corrected chi connectivity index (χ4v) is 2.68. The maximum atomic E-state index is 12.8. The minimum atomic E-state index is -4.35. The molecule has 112 valence electrons. The van der Waals surface area contributed by atoms with Gasteiger partial charge >= 0.3 is 6.18 Å². The minimum Gasteiger partial charge on any atom is -0.378 e. The van der Waals surface area contributed by atoms with Gasteiger partial charge in [-0.25, -0.2) is 0 Å². The van der Waals surface area contributed by atoms with Crippen LogP contribution in [-0.2, 0) is 6.18 Å². The summed E-state index contributed by atoms with van der Waals surface area (Å²) in [7, 11) is 0. The van der Waals surface area contributed by atoms with E-state index in [0.717, 1.165) is 22.2 Å². The standard InChI is InChI=1S/C15H12Br2F3N/c1-9(10-3-2-4-12(16)7-10)21-14-8-11(15(18,19)20)5-6-13(14)17/h2-9,21H,1H3. The van der Waals surface area contributed by atoms with Crippen molar-refractivity contribution in [2.75, 3.05) is 5.32 Å². The molecule has 0 aromatic heterocycles. The van der Waals surface area contributed by atoms with Crippen LogP contribution in [0.15, 0.2) is 51.4 Å². The number of hydrogen-bond acceptors (Lipinski definition) is 1. The predicted octanol–water partition coefficient (Wildman–Crippen LogP) is 6.40. The highest BCUT2D eigenvalue weighted by molar-refractivity contribution is 9.10. The lowest BCUT2D eigenvalue weighted by molar-refractivity contribution is -0.137. The van der Waals surface area contributed by atoms with Gasteiger partial charge in [0.05, 0.1) is 5.56 Å². The van der Waals surface area contributed by atoms with Crippen LogP contribution in [0.5, 0.6) is 0 Å². The normalized spacial score (nSPS) is 13.0. The number of hydrogen-bond donors (Lipinski definition) is 1. The number of benzene rings is 2. The fourth-order valence-electron chi connectivity index (χ4n) is 1.90. The highest BCUT2D eigenvalue weighted by atomic mass is 79.9. The summed E-state index contributed by atoms with van der Waals surface area (Å²) in [5, 5.41) is 3.10. The SMILES string of the molecule is CC(Nc1cc(C(F)(F)F)ccc1Br)c1cccc(Br)c1. The molecule has 0 aliphatic carbocycles. The molecule has 6 heteroatoms. The maximum absolute atomic E-state index is 12.8. The van der Waals surface area contributed by atoms with Gasteiger partial charge in [-0.05, 0) is 58.7 Å². The van der Waals surface area contributed by atoms with E-state index in [2.05, 4.69) is 37.2 Å². The summed E-state index contributed by atoms with van der Waals surface area (Å²) in [6, 6.07) is 11.1. The van der Waals surface area contributed by atoms with Crippen LogP contribution >= 0.6 is 31.9 Å². The van der Waals surface area contributed by atoms with E-state index < -0.39 is 11.7 Å². The topological polar surface area (TPSA) is 12.0 Å². The van der Waals surface area contributed by atoms with Crippen molar-refractivity contribution in [3.63, 3.8) is 0 Å². The number of halogens is 5. The van der Waals surface area contributed by atoms with Crippen molar-refractivity contribution in [2.24, 2.45) is 0 Å². The van der Waals surface area contributed by atoms with Gasteiger partial charge in [-0.1, -0.05) is 28.1 Å². The average molecular weight is 423 g/mol. The number of anilines is 1. The van der Waals surface area contributed by atoms with Crippen LogP contribution in [0.4, 0.5) is 18.9 Å². The predicted molar refractivity (Wildman–Crippen MR) is 85.3 cm³/mol. The molecule has 0 saturated carbocycles. The summed E-state index contributed by atoms with van der Waals surface area (Å²) < 4.78 is 39.8. The number of rotatable bonds is 3. The zero-order valence-corrected chi connectivity index (χ0v) is 14.2. The molecule has 0 saturated heterocycles. The zero-order valence-electron chi connectivity index (χ0n) is 11.0. The van der Waals surface area contributed by atoms with Crippen LogP contribution in [-0.4, -0.2) is 0 Å². The molecule has 2 aromatic carbocycles. The Morgan fingerprint density at radius 1 is 1.05 bits per heavy atom. The van der Waals surface area contributed by atoms with Crippen molar-refractivity contribution >= 4 is 37.5 Å². The Hall–Kier alpha value is -1.01. The second-order valence-electron chi connectivity index (χ2n) is 4.61. The number of nitrogens with one attached hydrogen (secondary N) is 1. The molecule has 2 rings (SSSR count). The summed E-state index contributed by atoms with van der Waals surface area (Å²) in [5.74, 6) is 0. The van der Waals surface area contributed by atoms with E-state index in [-0.39, 0.29) is 6.04 Å². The molecule has 0 radical (unpaired) electrons. The van der Waals surface area contributed by atoms with Crippen molar-refractivity contribution in [1.29, 1.82) is 0 Å². The molecule has 1 unspecified atom stereocenters. The first-order valence-electron chi connectivity index (χ1n) is 6.16. The first-order valence-corrected chi connectivity index (χ1v) is 7.75. The van der Waals surface area contributed by atoms with Crippen molar-refractivity contribution < 1.29 is 13.2 Å². The summed E-state index contributed by atoms with van der Waals surface area (Å²) in [6.07, 6.45) is -4.35. The largest absolute Gasteiger partial charge is 0.416 e. The van der Waals surface area contributed by atoms with Crippen LogP contribution in [0.1, 0.15) is 24.1 Å². The van der Waals surface area contributed by atoms with E-state index in [1.165, 1.54) is 6.07 Å². The fraction of sp³-hybridized carbons (Fsp3) is 0.200. The molecular weight excluding hydrogens is 411 g/mol. The molecular formula is C15H12Br2F3N. The minimum absolute atomic E-state index is 0.123.